The fraction of sp³-hybridized carbons (Fsp3) is 0.359. The Labute approximate surface area is 501 Å². The van der Waals surface area contributed by atoms with Crippen LogP contribution < -0.4 is 31.1 Å². The minimum atomic E-state index is -0.0926. The zero-order valence-electron chi connectivity index (χ0n) is 52.7. The van der Waals surface area contributed by atoms with E-state index >= 15 is 0 Å². The zero-order valence-corrected chi connectivity index (χ0v) is 53.6. The van der Waals surface area contributed by atoms with Crippen molar-refractivity contribution in [1.29, 1.82) is 0 Å². The summed E-state index contributed by atoms with van der Waals surface area (Å²) in [6.07, 6.45) is 4.58. The first-order chi connectivity index (χ1) is 39.0. The van der Waals surface area contributed by atoms with Crippen molar-refractivity contribution < 1.29 is 0 Å². The van der Waals surface area contributed by atoms with Gasteiger partial charge in [0, 0.05) is 50.1 Å². The normalized spacial score (nSPS) is 17.3. The molecular weight excluding hydrogens is 1020 g/mol. The molecule has 0 atom stereocenters. The monoisotopic (exact) mass is 1110 g/mol. The molecule has 0 N–H and O–H groups in total. The molecule has 3 heterocycles. The molecule has 0 saturated heterocycles. The van der Waals surface area contributed by atoms with Gasteiger partial charge in [0.05, 0.1) is 10.7 Å². The number of benzene rings is 8. The number of fused-ring (bicyclic) bond motifs is 9. The van der Waals surface area contributed by atoms with Crippen LogP contribution in [0.3, 0.4) is 0 Å². The van der Waals surface area contributed by atoms with Gasteiger partial charge >= 0.3 is 0 Å². The van der Waals surface area contributed by atoms with Crippen molar-refractivity contribution in [1.82, 2.24) is 0 Å². The quantitative estimate of drug-likeness (QED) is 0.154. The van der Waals surface area contributed by atoms with Crippen molar-refractivity contribution in [2.75, 3.05) is 14.7 Å². The lowest BCUT2D eigenvalue weighted by molar-refractivity contribution is 0.332. The van der Waals surface area contributed by atoms with E-state index in [9.17, 15) is 0 Å². The van der Waals surface area contributed by atoms with Crippen LogP contribution in [0.1, 0.15) is 182 Å². The number of anilines is 9. The highest BCUT2D eigenvalue weighted by molar-refractivity contribution is 7.26. The third-order valence-corrected chi connectivity index (χ3v) is 21.2. The Kier molecular flexibility index (Phi) is 12.6. The van der Waals surface area contributed by atoms with E-state index < -0.39 is 0 Å². The van der Waals surface area contributed by atoms with Crippen molar-refractivity contribution in [3.63, 3.8) is 0 Å². The molecule has 4 aliphatic rings. The third-order valence-electron chi connectivity index (χ3n) is 20.1. The van der Waals surface area contributed by atoms with Crippen LogP contribution in [0.15, 0.2) is 164 Å². The van der Waals surface area contributed by atoms with E-state index in [-0.39, 0.29) is 44.6 Å². The van der Waals surface area contributed by atoms with Crippen molar-refractivity contribution in [3.05, 3.63) is 203 Å². The Hall–Kier alpha value is -6.82. The molecule has 0 radical (unpaired) electrons. The maximum absolute atomic E-state index is 2.78. The molecule has 8 aromatic carbocycles. The van der Waals surface area contributed by atoms with Gasteiger partial charge in [-0.3, -0.25) is 0 Å². The van der Waals surface area contributed by atoms with Gasteiger partial charge in [-0.2, -0.15) is 0 Å². The third kappa shape index (κ3) is 9.03. The standard InChI is InChI=1S/C78H86BN3S/c1-72(2,3)50-29-27-49(28-30-50)57-25-21-22-26-63(57)80(53-23-19-18-20-24-53)56-39-40-62-64(45-56)81(54-35-31-51(32-36-54)73(4,5)6)65-47-61-67(78(16,17)44-43-77(61,14)15)70-69(65)79(62)68-58-46-59-60(76(12,13)42-41-75(59,10)11)48-66(58)83-71(68)82(70)55-37-33-52(34-38-55)74(7,8)9/h18-40,45-48H,41-44H2,1-17H3. The molecule has 3 nitrogen and oxygen atoms in total. The van der Waals surface area contributed by atoms with Gasteiger partial charge in [-0.25, -0.2) is 0 Å². The maximum atomic E-state index is 2.78. The molecule has 0 fully saturated rings. The highest BCUT2D eigenvalue weighted by Gasteiger charge is 2.51. The average Bonchev–Trinajstić information content (AvgIpc) is 1.75. The first kappa shape index (κ1) is 55.4. The lowest BCUT2D eigenvalue weighted by Crippen LogP contribution is -2.62. The summed E-state index contributed by atoms with van der Waals surface area (Å²) in [6, 6.07) is 64.2. The van der Waals surface area contributed by atoms with E-state index in [1.54, 1.807) is 0 Å². The van der Waals surface area contributed by atoms with E-state index in [2.05, 4.69) is 296 Å². The minimum Gasteiger partial charge on any atom is -0.311 e. The molecule has 13 rings (SSSR count). The van der Waals surface area contributed by atoms with Crippen molar-refractivity contribution in [2.45, 2.75) is 181 Å². The number of thiophene rings is 1. The van der Waals surface area contributed by atoms with Crippen LogP contribution in [0.5, 0.6) is 0 Å². The molecular formula is C78H86BN3S. The fourth-order valence-electron chi connectivity index (χ4n) is 14.7. The lowest BCUT2D eigenvalue weighted by Gasteiger charge is -2.50. The molecule has 0 unspecified atom stereocenters. The van der Waals surface area contributed by atoms with E-state index in [1.165, 1.54) is 123 Å². The predicted octanol–water partition coefficient (Wildman–Crippen LogP) is 20.7. The van der Waals surface area contributed by atoms with E-state index in [1.807, 2.05) is 11.3 Å². The summed E-state index contributed by atoms with van der Waals surface area (Å²) in [6.45, 7) is 40.9. The van der Waals surface area contributed by atoms with Crippen LogP contribution in [0.4, 0.5) is 50.5 Å². The first-order valence-corrected chi connectivity index (χ1v) is 31.7. The lowest BCUT2D eigenvalue weighted by atomic mass is 9.33. The molecule has 5 heteroatoms. The van der Waals surface area contributed by atoms with Crippen molar-refractivity contribution >= 4 is 95.0 Å². The van der Waals surface area contributed by atoms with Crippen LogP contribution >= 0.6 is 11.3 Å². The summed E-state index contributed by atoms with van der Waals surface area (Å²) >= 11 is 2.03. The molecule has 1 aromatic heterocycles. The average molecular weight is 1110 g/mol. The molecule has 2 aliphatic heterocycles. The summed E-state index contributed by atoms with van der Waals surface area (Å²) in [4.78, 5) is 7.98. The summed E-state index contributed by atoms with van der Waals surface area (Å²) in [5, 5.41) is 2.76. The van der Waals surface area contributed by atoms with Crippen LogP contribution in [0.25, 0.3) is 21.2 Å². The van der Waals surface area contributed by atoms with Crippen LogP contribution in [-0.2, 0) is 37.9 Å². The largest absolute Gasteiger partial charge is 0.311 e. The first-order valence-electron chi connectivity index (χ1n) is 30.9. The number of hydrogen-bond donors (Lipinski definition) is 0. The topological polar surface area (TPSA) is 9.72 Å². The second-order valence-electron chi connectivity index (χ2n) is 30.8. The van der Waals surface area contributed by atoms with Gasteiger partial charge in [-0.05, 0) is 203 Å². The number of nitrogens with zero attached hydrogens (tertiary/aromatic N) is 3. The van der Waals surface area contributed by atoms with Gasteiger partial charge < -0.3 is 14.7 Å². The Bertz CT molecular complexity index is 4020. The van der Waals surface area contributed by atoms with Crippen molar-refractivity contribution in [3.8, 4) is 11.1 Å². The second kappa shape index (κ2) is 18.8. The Morgan fingerprint density at radius 2 is 0.952 bits per heavy atom. The highest BCUT2D eigenvalue weighted by atomic mass is 32.1. The van der Waals surface area contributed by atoms with E-state index in [4.69, 9.17) is 0 Å². The second-order valence-corrected chi connectivity index (χ2v) is 31.8. The molecule has 2 aliphatic carbocycles. The van der Waals surface area contributed by atoms with Crippen LogP contribution in [0.2, 0.25) is 0 Å². The van der Waals surface area contributed by atoms with Gasteiger partial charge in [0.25, 0.3) is 6.71 Å². The smallest absolute Gasteiger partial charge is 0.254 e. The fourth-order valence-corrected chi connectivity index (χ4v) is 16.0. The molecule has 9 aromatic rings. The van der Waals surface area contributed by atoms with E-state index in [0.717, 1.165) is 29.9 Å². The Balaban J connectivity index is 1.16. The summed E-state index contributed by atoms with van der Waals surface area (Å²) in [7, 11) is 0. The zero-order chi connectivity index (χ0) is 58.7. The van der Waals surface area contributed by atoms with Crippen LogP contribution in [-0.4, -0.2) is 6.71 Å². The Morgan fingerprint density at radius 1 is 0.446 bits per heavy atom. The number of para-hydroxylation sites is 2. The molecule has 83 heavy (non-hydrogen) atoms. The van der Waals surface area contributed by atoms with Crippen LogP contribution in [0, 0.1) is 0 Å². The highest BCUT2D eigenvalue weighted by Crippen LogP contribution is 2.58. The number of rotatable bonds is 6. The van der Waals surface area contributed by atoms with E-state index in [0.29, 0.717) is 0 Å². The van der Waals surface area contributed by atoms with Crippen molar-refractivity contribution in [2.24, 2.45) is 0 Å². The molecule has 0 bridgehead atoms. The summed E-state index contributed by atoms with van der Waals surface area (Å²) in [5.41, 5.74) is 26.3. The molecule has 422 valence electrons. The number of hydrogen-bond acceptors (Lipinski definition) is 4. The van der Waals surface area contributed by atoms with Gasteiger partial charge in [0.2, 0.25) is 0 Å². The summed E-state index contributed by atoms with van der Waals surface area (Å²) in [5.74, 6) is 0. The SMILES string of the molecule is CC(C)(C)c1ccc(-c2ccccc2N(c2ccccc2)c2ccc3c(c2)N(c2ccc(C(C)(C)C)cc2)c2cc4c(c5c2B3c2c(sc3cc6c(cc23)C(C)(C)CCC6(C)C)N5c2ccc(C(C)(C)C)cc2)C(C)(C)CCC4(C)C)cc1. The van der Waals surface area contributed by atoms with Gasteiger partial charge in [0.15, 0.2) is 0 Å². The van der Waals surface area contributed by atoms with Gasteiger partial charge in [-0.15, -0.1) is 11.3 Å². The van der Waals surface area contributed by atoms with Gasteiger partial charge in [-0.1, -0.05) is 209 Å². The molecule has 0 saturated carbocycles. The summed E-state index contributed by atoms with van der Waals surface area (Å²) < 4.78 is 1.39. The maximum Gasteiger partial charge on any atom is 0.254 e. The van der Waals surface area contributed by atoms with Gasteiger partial charge in [0.1, 0.15) is 0 Å². The molecule has 0 amide bonds. The molecule has 0 spiro atoms. The predicted molar refractivity (Wildman–Crippen MR) is 363 cm³/mol. The Morgan fingerprint density at radius 3 is 1.53 bits per heavy atom. The minimum absolute atomic E-state index is 0.00372.